The zero-order chi connectivity index (χ0) is 19.9. The van der Waals surface area contributed by atoms with E-state index in [4.69, 9.17) is 9.47 Å². The molecule has 2 N–H and O–H groups in total. The average molecular weight is 396 g/mol. The molecule has 0 aliphatic heterocycles. The number of amides is 1. The molecular formula is C21H20N2O4S. The minimum absolute atomic E-state index is 0.246. The van der Waals surface area contributed by atoms with Gasteiger partial charge in [0, 0.05) is 11.6 Å². The number of benzene rings is 2. The second-order valence-corrected chi connectivity index (χ2v) is 6.77. The van der Waals surface area contributed by atoms with Gasteiger partial charge in [-0.15, -0.1) is 11.3 Å². The van der Waals surface area contributed by atoms with Crippen molar-refractivity contribution in [2.75, 3.05) is 19.5 Å². The second kappa shape index (κ2) is 9.05. The first kappa shape index (κ1) is 19.4. The predicted octanol–water partition coefficient (Wildman–Crippen LogP) is 3.82. The quantitative estimate of drug-likeness (QED) is 0.447. The van der Waals surface area contributed by atoms with Crippen molar-refractivity contribution in [1.82, 2.24) is 5.32 Å². The molecule has 0 saturated heterocycles. The fourth-order valence-corrected chi connectivity index (χ4v) is 3.31. The molecule has 1 atom stereocenters. The Morgan fingerprint density at radius 3 is 2.39 bits per heavy atom. The van der Waals surface area contributed by atoms with Crippen LogP contribution in [0, 0.1) is 0 Å². The van der Waals surface area contributed by atoms with E-state index in [-0.39, 0.29) is 11.7 Å². The molecular weight excluding hydrogens is 376 g/mol. The number of thiophene rings is 1. The molecule has 0 aliphatic rings. The van der Waals surface area contributed by atoms with Crippen LogP contribution in [0.15, 0.2) is 66.0 Å². The zero-order valence-corrected chi connectivity index (χ0v) is 16.3. The van der Waals surface area contributed by atoms with Crippen LogP contribution in [0.5, 0.6) is 11.5 Å². The smallest absolute Gasteiger partial charge is 0.253 e. The molecule has 144 valence electrons. The normalized spacial score (nSPS) is 11.4. The molecule has 1 aromatic heterocycles. The SMILES string of the molecule is COc1ccc(OC)c(NC(NC(=O)c2ccccc2)C(=O)c2cccs2)c1. The first-order chi connectivity index (χ1) is 13.6. The summed E-state index contributed by atoms with van der Waals surface area (Å²) in [7, 11) is 3.09. The van der Waals surface area contributed by atoms with E-state index < -0.39 is 6.17 Å². The number of ether oxygens (including phenoxy) is 2. The minimum Gasteiger partial charge on any atom is -0.497 e. The number of carbonyl (C=O) groups is 2. The maximum atomic E-state index is 13.0. The summed E-state index contributed by atoms with van der Waals surface area (Å²) in [5.74, 6) is 0.521. The van der Waals surface area contributed by atoms with E-state index >= 15 is 0 Å². The summed E-state index contributed by atoms with van der Waals surface area (Å²) in [6.07, 6.45) is -0.979. The number of nitrogens with one attached hydrogen (secondary N) is 2. The Labute approximate surface area is 167 Å². The van der Waals surface area contributed by atoms with Crippen LogP contribution in [0.1, 0.15) is 20.0 Å². The Hall–Kier alpha value is -3.32. The van der Waals surface area contributed by atoms with Crippen molar-refractivity contribution in [3.63, 3.8) is 0 Å². The molecule has 0 bridgehead atoms. The summed E-state index contributed by atoms with van der Waals surface area (Å²) in [6.45, 7) is 0. The Balaban J connectivity index is 1.90. The van der Waals surface area contributed by atoms with E-state index in [1.165, 1.54) is 18.4 Å². The monoisotopic (exact) mass is 396 g/mol. The molecule has 7 heteroatoms. The molecule has 1 unspecified atom stereocenters. The van der Waals surface area contributed by atoms with Crippen molar-refractivity contribution in [3.8, 4) is 11.5 Å². The molecule has 28 heavy (non-hydrogen) atoms. The Kier molecular flexibility index (Phi) is 6.29. The lowest BCUT2D eigenvalue weighted by molar-refractivity contribution is 0.0871. The molecule has 3 rings (SSSR count). The molecule has 1 amide bonds. The zero-order valence-electron chi connectivity index (χ0n) is 15.5. The number of carbonyl (C=O) groups excluding carboxylic acids is 2. The van der Waals surface area contributed by atoms with E-state index in [9.17, 15) is 9.59 Å². The molecule has 0 saturated carbocycles. The van der Waals surface area contributed by atoms with Gasteiger partial charge in [0.15, 0.2) is 6.17 Å². The molecule has 6 nitrogen and oxygen atoms in total. The third-order valence-corrected chi connectivity index (χ3v) is 4.93. The van der Waals surface area contributed by atoms with Crippen LogP contribution in [0.3, 0.4) is 0 Å². The molecule has 0 radical (unpaired) electrons. The van der Waals surface area contributed by atoms with Gasteiger partial charge in [-0.2, -0.15) is 0 Å². The van der Waals surface area contributed by atoms with Crippen LogP contribution in [0.25, 0.3) is 0 Å². The van der Waals surface area contributed by atoms with Crippen LogP contribution in [0.2, 0.25) is 0 Å². The van der Waals surface area contributed by atoms with Gasteiger partial charge in [-0.3, -0.25) is 9.59 Å². The van der Waals surface area contributed by atoms with E-state index in [1.807, 2.05) is 11.4 Å². The van der Waals surface area contributed by atoms with Crippen molar-refractivity contribution in [3.05, 3.63) is 76.5 Å². The van der Waals surface area contributed by atoms with Crippen molar-refractivity contribution in [1.29, 1.82) is 0 Å². The van der Waals surface area contributed by atoms with Crippen molar-refractivity contribution in [2.24, 2.45) is 0 Å². The first-order valence-corrected chi connectivity index (χ1v) is 9.42. The Morgan fingerprint density at radius 1 is 0.964 bits per heavy atom. The highest BCUT2D eigenvalue weighted by atomic mass is 32.1. The number of ketones is 1. The lowest BCUT2D eigenvalue weighted by Gasteiger charge is -2.21. The van der Waals surface area contributed by atoms with Crippen molar-refractivity contribution in [2.45, 2.75) is 6.17 Å². The summed E-state index contributed by atoms with van der Waals surface area (Å²) in [6, 6.07) is 17.4. The fraction of sp³-hybridized carbons (Fsp3) is 0.143. The van der Waals surface area contributed by atoms with Crippen LogP contribution in [-0.2, 0) is 0 Å². The van der Waals surface area contributed by atoms with E-state index in [1.54, 1.807) is 61.7 Å². The van der Waals surface area contributed by atoms with E-state index in [0.29, 0.717) is 27.6 Å². The molecule has 0 spiro atoms. The summed E-state index contributed by atoms with van der Waals surface area (Å²) in [5.41, 5.74) is 0.996. The maximum Gasteiger partial charge on any atom is 0.253 e. The summed E-state index contributed by atoms with van der Waals surface area (Å²) in [5, 5.41) is 7.67. The molecule has 0 fully saturated rings. The minimum atomic E-state index is -0.979. The highest BCUT2D eigenvalue weighted by Gasteiger charge is 2.24. The van der Waals surface area contributed by atoms with E-state index in [0.717, 1.165) is 0 Å². The van der Waals surface area contributed by atoms with Gasteiger partial charge in [0.1, 0.15) is 11.5 Å². The van der Waals surface area contributed by atoms with Crippen LogP contribution in [-0.4, -0.2) is 32.1 Å². The van der Waals surface area contributed by atoms with Gasteiger partial charge in [-0.1, -0.05) is 24.3 Å². The summed E-state index contributed by atoms with van der Waals surface area (Å²) >= 11 is 1.31. The maximum absolute atomic E-state index is 13.0. The molecule has 3 aromatic rings. The second-order valence-electron chi connectivity index (χ2n) is 5.82. The van der Waals surface area contributed by atoms with Gasteiger partial charge in [-0.25, -0.2) is 0 Å². The van der Waals surface area contributed by atoms with Gasteiger partial charge in [0.05, 0.1) is 24.8 Å². The largest absolute Gasteiger partial charge is 0.497 e. The average Bonchev–Trinajstić information content (AvgIpc) is 3.28. The number of Topliss-reactive ketones (excluding diaryl/α,β-unsaturated/α-hetero) is 1. The molecule has 2 aromatic carbocycles. The number of hydrogen-bond acceptors (Lipinski definition) is 6. The summed E-state index contributed by atoms with van der Waals surface area (Å²) < 4.78 is 10.6. The van der Waals surface area contributed by atoms with Gasteiger partial charge in [0.25, 0.3) is 5.91 Å². The third-order valence-electron chi connectivity index (χ3n) is 4.04. The van der Waals surface area contributed by atoms with Crippen LogP contribution in [0.4, 0.5) is 5.69 Å². The number of anilines is 1. The fourth-order valence-electron chi connectivity index (χ4n) is 2.61. The third kappa shape index (κ3) is 4.50. The highest BCUT2D eigenvalue weighted by Crippen LogP contribution is 2.29. The van der Waals surface area contributed by atoms with Gasteiger partial charge in [-0.05, 0) is 35.7 Å². The number of rotatable bonds is 8. The van der Waals surface area contributed by atoms with Crippen molar-refractivity contribution < 1.29 is 19.1 Å². The van der Waals surface area contributed by atoms with Crippen molar-refractivity contribution >= 4 is 28.7 Å². The van der Waals surface area contributed by atoms with Gasteiger partial charge in [0.2, 0.25) is 5.78 Å². The summed E-state index contributed by atoms with van der Waals surface area (Å²) in [4.78, 5) is 26.2. The Morgan fingerprint density at radius 2 is 1.75 bits per heavy atom. The lowest BCUT2D eigenvalue weighted by Crippen LogP contribution is -2.46. The van der Waals surface area contributed by atoms with Gasteiger partial charge >= 0.3 is 0 Å². The first-order valence-electron chi connectivity index (χ1n) is 8.54. The Bertz CT molecular complexity index is 942. The number of hydrogen-bond donors (Lipinski definition) is 2. The van der Waals surface area contributed by atoms with Crippen LogP contribution >= 0.6 is 11.3 Å². The lowest BCUT2D eigenvalue weighted by atomic mass is 10.2. The predicted molar refractivity (Wildman–Crippen MR) is 110 cm³/mol. The van der Waals surface area contributed by atoms with E-state index in [2.05, 4.69) is 10.6 Å². The molecule has 1 heterocycles. The standard InChI is InChI=1S/C21H20N2O4S/c1-26-15-10-11-17(27-2)16(13-15)22-20(19(24)18-9-6-12-28-18)23-21(25)14-7-4-3-5-8-14/h3-13,20,22H,1-2H3,(H,23,25). The number of methoxy groups -OCH3 is 2. The topological polar surface area (TPSA) is 76.7 Å². The van der Waals surface area contributed by atoms with Gasteiger partial charge < -0.3 is 20.1 Å². The molecule has 0 aliphatic carbocycles. The highest BCUT2D eigenvalue weighted by molar-refractivity contribution is 7.12. The van der Waals surface area contributed by atoms with Crippen LogP contribution < -0.4 is 20.1 Å².